The molecule has 1 amide bonds. The molecule has 0 aliphatic carbocycles. The summed E-state index contributed by atoms with van der Waals surface area (Å²) in [7, 11) is -3.05. The van der Waals surface area contributed by atoms with Gasteiger partial charge in [-0.05, 0) is 13.3 Å². The molecule has 7 heteroatoms. The first-order chi connectivity index (χ1) is 10.4. The molecule has 5 nitrogen and oxygen atoms in total. The predicted molar refractivity (Wildman–Crippen MR) is 86.7 cm³/mol. The van der Waals surface area contributed by atoms with Crippen molar-refractivity contribution in [1.82, 2.24) is 10.3 Å². The summed E-state index contributed by atoms with van der Waals surface area (Å²) in [5, 5.41) is 5.29. The second-order valence-electron chi connectivity index (χ2n) is 5.76. The van der Waals surface area contributed by atoms with Gasteiger partial charge in [0.15, 0.2) is 9.84 Å². The second kappa shape index (κ2) is 5.48. The van der Waals surface area contributed by atoms with E-state index in [4.69, 9.17) is 0 Å². The van der Waals surface area contributed by atoms with E-state index in [0.29, 0.717) is 12.1 Å². The molecule has 1 atom stereocenters. The number of carbonyl (C=O) groups excluding carboxylic acids is 1. The molecule has 3 rings (SSSR count). The fraction of sp³-hybridized carbons (Fsp3) is 0.333. The van der Waals surface area contributed by atoms with Crippen LogP contribution >= 0.6 is 11.3 Å². The number of nitrogens with zero attached hydrogens (tertiary/aromatic N) is 1. The Balaban J connectivity index is 1.75. The largest absolute Gasteiger partial charge is 0.344 e. The molecular weight excluding hydrogens is 320 g/mol. The number of thiazole rings is 1. The lowest BCUT2D eigenvalue weighted by atomic mass is 10.0. The molecule has 1 aromatic heterocycles. The van der Waals surface area contributed by atoms with Gasteiger partial charge in [-0.25, -0.2) is 13.4 Å². The van der Waals surface area contributed by atoms with Gasteiger partial charge < -0.3 is 5.32 Å². The first-order valence-corrected chi connectivity index (χ1v) is 9.61. The van der Waals surface area contributed by atoms with E-state index in [1.807, 2.05) is 30.3 Å². The summed E-state index contributed by atoms with van der Waals surface area (Å²) >= 11 is 1.40. The average Bonchev–Trinajstić information content (AvgIpc) is 3.05. The smallest absolute Gasteiger partial charge is 0.271 e. The second-order valence-corrected chi connectivity index (χ2v) is 8.80. The lowest BCUT2D eigenvalue weighted by Crippen LogP contribution is -2.47. The molecule has 1 aromatic carbocycles. The maximum Gasteiger partial charge on any atom is 0.271 e. The molecule has 0 unspecified atom stereocenters. The van der Waals surface area contributed by atoms with Gasteiger partial charge in [-0.3, -0.25) is 4.79 Å². The van der Waals surface area contributed by atoms with Crippen molar-refractivity contribution in [1.29, 1.82) is 0 Å². The highest BCUT2D eigenvalue weighted by Gasteiger charge is 2.39. The number of benzene rings is 1. The first-order valence-electron chi connectivity index (χ1n) is 6.91. The van der Waals surface area contributed by atoms with Crippen molar-refractivity contribution in [3.8, 4) is 10.6 Å². The van der Waals surface area contributed by atoms with Crippen LogP contribution in [0, 0.1) is 0 Å². The zero-order chi connectivity index (χ0) is 15.8. The highest BCUT2D eigenvalue weighted by atomic mass is 32.2. The number of rotatable bonds is 3. The minimum absolute atomic E-state index is 0.0125. The Morgan fingerprint density at radius 3 is 2.68 bits per heavy atom. The monoisotopic (exact) mass is 336 g/mol. The molecule has 0 bridgehead atoms. The van der Waals surface area contributed by atoms with Crippen molar-refractivity contribution in [3.05, 3.63) is 41.4 Å². The Morgan fingerprint density at radius 2 is 2.05 bits per heavy atom. The third-order valence-corrected chi connectivity index (χ3v) is 6.47. The maximum atomic E-state index is 12.3. The van der Waals surface area contributed by atoms with E-state index in [1.165, 1.54) is 11.3 Å². The van der Waals surface area contributed by atoms with E-state index in [2.05, 4.69) is 10.3 Å². The van der Waals surface area contributed by atoms with Gasteiger partial charge in [0.2, 0.25) is 0 Å². The summed E-state index contributed by atoms with van der Waals surface area (Å²) in [5.74, 6) is -0.213. The molecule has 1 fully saturated rings. The van der Waals surface area contributed by atoms with Crippen LogP contribution in [0.4, 0.5) is 0 Å². The van der Waals surface area contributed by atoms with Crippen LogP contribution in [0.1, 0.15) is 23.8 Å². The van der Waals surface area contributed by atoms with Crippen LogP contribution in [0.25, 0.3) is 10.6 Å². The van der Waals surface area contributed by atoms with Gasteiger partial charge in [0.05, 0.1) is 17.0 Å². The van der Waals surface area contributed by atoms with E-state index in [0.717, 1.165) is 10.6 Å². The minimum Gasteiger partial charge on any atom is -0.344 e. The van der Waals surface area contributed by atoms with Gasteiger partial charge in [0, 0.05) is 10.9 Å². The van der Waals surface area contributed by atoms with E-state index >= 15 is 0 Å². The number of hydrogen-bond donors (Lipinski definition) is 1. The fourth-order valence-electron chi connectivity index (χ4n) is 2.54. The zero-order valence-electron chi connectivity index (χ0n) is 12.1. The average molecular weight is 336 g/mol. The van der Waals surface area contributed by atoms with Crippen LogP contribution in [0.15, 0.2) is 35.7 Å². The molecule has 2 heterocycles. The molecule has 22 heavy (non-hydrogen) atoms. The third-order valence-electron chi connectivity index (χ3n) is 3.68. The highest BCUT2D eigenvalue weighted by Crippen LogP contribution is 2.25. The Labute approximate surface area is 133 Å². The molecule has 0 saturated carbocycles. The molecule has 0 spiro atoms. The highest BCUT2D eigenvalue weighted by molar-refractivity contribution is 7.91. The van der Waals surface area contributed by atoms with Gasteiger partial charge in [0.1, 0.15) is 10.7 Å². The van der Waals surface area contributed by atoms with Gasteiger partial charge >= 0.3 is 0 Å². The van der Waals surface area contributed by atoms with Gasteiger partial charge in [0.25, 0.3) is 5.91 Å². The van der Waals surface area contributed by atoms with Gasteiger partial charge in [-0.15, -0.1) is 11.3 Å². The normalized spacial score (nSPS) is 23.3. The van der Waals surface area contributed by atoms with Crippen LogP contribution in [0.5, 0.6) is 0 Å². The quantitative estimate of drug-likeness (QED) is 0.931. The van der Waals surface area contributed by atoms with E-state index < -0.39 is 15.4 Å². The number of nitrogens with one attached hydrogen (secondary N) is 1. The zero-order valence-corrected chi connectivity index (χ0v) is 13.7. The van der Waals surface area contributed by atoms with Crippen LogP contribution in [0.3, 0.4) is 0 Å². The summed E-state index contributed by atoms with van der Waals surface area (Å²) in [6.07, 6.45) is 0.441. The van der Waals surface area contributed by atoms with Gasteiger partial charge in [-0.1, -0.05) is 30.3 Å². The Kier molecular flexibility index (Phi) is 3.78. The molecule has 1 aliphatic rings. The molecule has 1 aliphatic heterocycles. The van der Waals surface area contributed by atoms with Crippen molar-refractivity contribution in [3.63, 3.8) is 0 Å². The number of aromatic nitrogens is 1. The molecule has 1 saturated heterocycles. The predicted octanol–water partition coefficient (Wildman–Crippen LogP) is 2.12. The standard InChI is InChI=1S/C15H16N2O3S2/c1-15(7-8-22(19,20)10-15)17-13(18)12-9-21-14(16-12)11-5-3-2-4-6-11/h2-6,9H,7-8,10H2,1H3,(H,17,18)/t15-/m0/s1. The third kappa shape index (κ3) is 3.20. The number of hydrogen-bond acceptors (Lipinski definition) is 5. The Morgan fingerprint density at radius 1 is 1.32 bits per heavy atom. The summed E-state index contributed by atoms with van der Waals surface area (Å²) < 4.78 is 23.2. The van der Waals surface area contributed by atoms with Crippen molar-refractivity contribution < 1.29 is 13.2 Å². The molecular formula is C15H16N2O3S2. The Hall–Kier alpha value is -1.73. The van der Waals surface area contributed by atoms with Gasteiger partial charge in [-0.2, -0.15) is 0 Å². The van der Waals surface area contributed by atoms with Crippen LogP contribution < -0.4 is 5.32 Å². The molecule has 0 radical (unpaired) electrons. The molecule has 116 valence electrons. The minimum atomic E-state index is -3.05. The topological polar surface area (TPSA) is 76.1 Å². The van der Waals surface area contributed by atoms with Crippen LogP contribution in [-0.2, 0) is 9.84 Å². The van der Waals surface area contributed by atoms with E-state index in [9.17, 15) is 13.2 Å². The summed E-state index contributed by atoms with van der Waals surface area (Å²) in [6.45, 7) is 1.76. The maximum absolute atomic E-state index is 12.3. The molecule has 1 N–H and O–H groups in total. The van der Waals surface area contributed by atoms with Crippen molar-refractivity contribution >= 4 is 27.1 Å². The number of carbonyl (C=O) groups is 1. The van der Waals surface area contributed by atoms with Crippen LogP contribution in [-0.4, -0.2) is 36.4 Å². The number of amides is 1. The lowest BCUT2D eigenvalue weighted by molar-refractivity contribution is 0.0911. The lowest BCUT2D eigenvalue weighted by Gasteiger charge is -2.23. The van der Waals surface area contributed by atoms with Crippen molar-refractivity contribution in [2.75, 3.05) is 11.5 Å². The van der Waals surface area contributed by atoms with Crippen molar-refractivity contribution in [2.24, 2.45) is 0 Å². The Bertz CT molecular complexity index is 799. The van der Waals surface area contributed by atoms with E-state index in [1.54, 1.807) is 12.3 Å². The first kappa shape index (κ1) is 15.2. The SMILES string of the molecule is C[C@]1(NC(=O)c2csc(-c3ccccc3)n2)CCS(=O)(=O)C1. The summed E-state index contributed by atoms with van der Waals surface area (Å²) in [6, 6.07) is 9.63. The summed E-state index contributed by atoms with van der Waals surface area (Å²) in [4.78, 5) is 16.6. The molecule has 2 aromatic rings. The van der Waals surface area contributed by atoms with Crippen molar-refractivity contribution in [2.45, 2.75) is 18.9 Å². The summed E-state index contributed by atoms with van der Waals surface area (Å²) in [5.41, 5.74) is 0.586. The van der Waals surface area contributed by atoms with E-state index in [-0.39, 0.29) is 17.4 Å². The fourth-order valence-corrected chi connectivity index (χ4v) is 5.44. The number of sulfone groups is 1. The van der Waals surface area contributed by atoms with Crippen LogP contribution in [0.2, 0.25) is 0 Å².